The summed E-state index contributed by atoms with van der Waals surface area (Å²) in [5.74, 6) is -0.729. The topological polar surface area (TPSA) is 275 Å². The number of esters is 1. The van der Waals surface area contributed by atoms with Gasteiger partial charge in [0.1, 0.15) is 67.1 Å². The zero-order chi connectivity index (χ0) is 33.3. The number of aliphatic hydroxyl groups excluding tert-OH is 10. The smallest absolute Gasteiger partial charge is 0.308 e. The van der Waals surface area contributed by atoms with Gasteiger partial charge in [-0.2, -0.15) is 0 Å². The Hall–Kier alpha value is -1.13. The molecule has 10 N–H and O–H groups in total. The van der Waals surface area contributed by atoms with Crippen molar-refractivity contribution in [2.45, 2.75) is 150 Å². The van der Waals surface area contributed by atoms with Crippen molar-refractivity contribution < 1.29 is 84.3 Å². The molecule has 17 nitrogen and oxygen atoms in total. The largest absolute Gasteiger partial charge is 0.433 e. The number of ether oxygens (including phenoxy) is 6. The predicted molar refractivity (Wildman–Crippen MR) is 148 cm³/mol. The molecule has 3 rings (SSSR count). The van der Waals surface area contributed by atoms with Gasteiger partial charge in [0.25, 0.3) is 0 Å². The summed E-state index contributed by atoms with van der Waals surface area (Å²) in [5.41, 5.74) is 0. The van der Waals surface area contributed by atoms with Gasteiger partial charge in [-0.1, -0.05) is 45.4 Å². The molecule has 45 heavy (non-hydrogen) atoms. The first kappa shape index (κ1) is 38.3. The molecule has 0 aromatic carbocycles. The Bertz CT molecular complexity index is 861. The van der Waals surface area contributed by atoms with Gasteiger partial charge in [0.15, 0.2) is 18.7 Å². The summed E-state index contributed by atoms with van der Waals surface area (Å²) in [6.45, 7) is 0.0323. The maximum atomic E-state index is 12.8. The van der Waals surface area contributed by atoms with Crippen molar-refractivity contribution in [3.8, 4) is 0 Å². The Balaban J connectivity index is 1.69. The molecule has 0 radical (unpaired) electrons. The van der Waals surface area contributed by atoms with E-state index in [1.165, 1.54) is 0 Å². The molecule has 17 heteroatoms. The summed E-state index contributed by atoms with van der Waals surface area (Å²) >= 11 is 0. The normalized spacial score (nSPS) is 42.4. The number of hydrogen-bond acceptors (Lipinski definition) is 17. The second-order valence-electron chi connectivity index (χ2n) is 11.7. The van der Waals surface area contributed by atoms with Crippen LogP contribution in [0.3, 0.4) is 0 Å². The Morgan fingerprint density at radius 3 is 1.64 bits per heavy atom. The highest BCUT2D eigenvalue weighted by molar-refractivity contribution is 5.69. The highest BCUT2D eigenvalue weighted by Crippen LogP contribution is 2.31. The van der Waals surface area contributed by atoms with E-state index in [0.717, 1.165) is 38.5 Å². The number of hydrogen-bond donors (Lipinski definition) is 10. The molecule has 15 unspecified atom stereocenters. The molecular formula is C28H50O17. The maximum Gasteiger partial charge on any atom is 0.308 e. The summed E-state index contributed by atoms with van der Waals surface area (Å²) in [5, 5.41) is 102. The van der Waals surface area contributed by atoms with Gasteiger partial charge in [0.2, 0.25) is 6.29 Å². The van der Waals surface area contributed by atoms with Gasteiger partial charge in [-0.3, -0.25) is 4.79 Å². The first-order valence-electron chi connectivity index (χ1n) is 15.5. The van der Waals surface area contributed by atoms with Crippen LogP contribution in [0.4, 0.5) is 0 Å². The lowest BCUT2D eigenvalue weighted by atomic mass is 9.97. The molecule has 0 amide bonds. The van der Waals surface area contributed by atoms with Gasteiger partial charge in [0, 0.05) is 6.42 Å². The van der Waals surface area contributed by atoms with Crippen LogP contribution < -0.4 is 0 Å². The van der Waals surface area contributed by atoms with Gasteiger partial charge in [-0.25, -0.2) is 0 Å². The lowest BCUT2D eigenvalue weighted by molar-refractivity contribution is -0.367. The van der Waals surface area contributed by atoms with E-state index in [2.05, 4.69) is 6.92 Å². The summed E-state index contributed by atoms with van der Waals surface area (Å²) in [7, 11) is 0. The zero-order valence-corrected chi connectivity index (χ0v) is 25.3. The van der Waals surface area contributed by atoms with Crippen LogP contribution in [0.1, 0.15) is 58.3 Å². The molecule has 264 valence electrons. The number of carbonyl (C=O) groups is 1. The van der Waals surface area contributed by atoms with E-state index in [1.54, 1.807) is 0 Å². The van der Waals surface area contributed by atoms with Crippen molar-refractivity contribution in [2.24, 2.45) is 0 Å². The van der Waals surface area contributed by atoms with E-state index >= 15 is 0 Å². The molecule has 0 aliphatic carbocycles. The minimum atomic E-state index is -1.88. The summed E-state index contributed by atoms with van der Waals surface area (Å²) in [6, 6.07) is 0. The molecule has 0 bridgehead atoms. The number of aliphatic hydroxyl groups is 10. The Kier molecular flexibility index (Phi) is 15.7. The predicted octanol–water partition coefficient (Wildman–Crippen LogP) is -3.88. The van der Waals surface area contributed by atoms with Crippen LogP contribution in [-0.2, 0) is 33.2 Å². The van der Waals surface area contributed by atoms with Crippen LogP contribution in [0.25, 0.3) is 0 Å². The van der Waals surface area contributed by atoms with Crippen molar-refractivity contribution >= 4 is 5.97 Å². The molecule has 0 spiro atoms. The molecule has 0 aromatic rings. The monoisotopic (exact) mass is 658 g/mol. The molecule has 3 aliphatic rings. The van der Waals surface area contributed by atoms with Crippen LogP contribution in [0.15, 0.2) is 0 Å². The van der Waals surface area contributed by atoms with E-state index < -0.39 is 118 Å². The quantitative estimate of drug-likeness (QED) is 0.0561. The molecule has 0 saturated carbocycles. The minimum Gasteiger partial charge on any atom is -0.433 e. The van der Waals surface area contributed by atoms with Gasteiger partial charge in [-0.15, -0.1) is 0 Å². The molecule has 0 aromatic heterocycles. The second-order valence-corrected chi connectivity index (χ2v) is 11.7. The summed E-state index contributed by atoms with van der Waals surface area (Å²) < 4.78 is 32.9. The van der Waals surface area contributed by atoms with E-state index in [0.29, 0.717) is 6.42 Å². The van der Waals surface area contributed by atoms with E-state index in [-0.39, 0.29) is 6.42 Å². The molecule has 3 saturated heterocycles. The SMILES string of the molecule is CCCCCCCCCC(=O)OC1OC(COC2OC(CO)C(O)C(O)C2O)C(O)C(O)C1OC1OC(CO)C(O)C(O)C1O. The van der Waals surface area contributed by atoms with Gasteiger partial charge >= 0.3 is 5.97 Å². The van der Waals surface area contributed by atoms with Crippen molar-refractivity contribution in [3.05, 3.63) is 0 Å². The zero-order valence-electron chi connectivity index (χ0n) is 25.3. The second kappa shape index (κ2) is 18.4. The Morgan fingerprint density at radius 1 is 0.578 bits per heavy atom. The average Bonchev–Trinajstić information content (AvgIpc) is 3.02. The first-order chi connectivity index (χ1) is 21.4. The third-order valence-corrected chi connectivity index (χ3v) is 8.29. The van der Waals surface area contributed by atoms with Gasteiger partial charge in [0.05, 0.1) is 19.8 Å². The van der Waals surface area contributed by atoms with Crippen molar-refractivity contribution in [1.29, 1.82) is 0 Å². The molecule has 3 aliphatic heterocycles. The molecule has 15 atom stereocenters. The Labute approximate surface area is 260 Å². The van der Waals surface area contributed by atoms with Crippen LogP contribution >= 0.6 is 0 Å². The lowest BCUT2D eigenvalue weighted by Gasteiger charge is -2.46. The number of rotatable bonds is 16. The van der Waals surface area contributed by atoms with E-state index in [9.17, 15) is 55.9 Å². The third-order valence-electron chi connectivity index (χ3n) is 8.29. The highest BCUT2D eigenvalue weighted by atomic mass is 16.8. The fourth-order valence-corrected chi connectivity index (χ4v) is 5.43. The number of carbonyl (C=O) groups excluding carboxylic acids is 1. The van der Waals surface area contributed by atoms with Crippen molar-refractivity contribution in [1.82, 2.24) is 0 Å². The standard InChI is InChI=1S/C28H50O17/c1-2-3-4-5-6-7-8-9-16(31)44-28-25(45-27-24(39)21(36)18(33)14(11-30)42-27)22(37)19(34)15(43-28)12-40-26-23(38)20(35)17(32)13(10-29)41-26/h13-15,17-30,32-39H,2-12H2,1H3. The van der Waals surface area contributed by atoms with Crippen LogP contribution in [0.5, 0.6) is 0 Å². The van der Waals surface area contributed by atoms with Gasteiger partial charge < -0.3 is 79.5 Å². The average molecular weight is 659 g/mol. The van der Waals surface area contributed by atoms with Crippen LogP contribution in [-0.4, -0.2) is 169 Å². The molecule has 3 fully saturated rings. The fraction of sp³-hybridized carbons (Fsp3) is 0.964. The van der Waals surface area contributed by atoms with E-state index in [1.807, 2.05) is 0 Å². The first-order valence-corrected chi connectivity index (χ1v) is 15.5. The summed E-state index contributed by atoms with van der Waals surface area (Å²) in [4.78, 5) is 12.8. The lowest BCUT2D eigenvalue weighted by Crippen LogP contribution is -2.65. The van der Waals surface area contributed by atoms with E-state index in [4.69, 9.17) is 28.4 Å². The maximum absolute atomic E-state index is 12.8. The molecule has 3 heterocycles. The highest BCUT2D eigenvalue weighted by Gasteiger charge is 2.52. The van der Waals surface area contributed by atoms with Gasteiger partial charge in [-0.05, 0) is 6.42 Å². The molecular weight excluding hydrogens is 608 g/mol. The fourth-order valence-electron chi connectivity index (χ4n) is 5.43. The third kappa shape index (κ3) is 9.94. The van der Waals surface area contributed by atoms with Crippen molar-refractivity contribution in [3.63, 3.8) is 0 Å². The Morgan fingerprint density at radius 2 is 1.07 bits per heavy atom. The minimum absolute atomic E-state index is 0.00884. The summed E-state index contributed by atoms with van der Waals surface area (Å²) in [6.07, 6.45) is -18.5. The van der Waals surface area contributed by atoms with Crippen molar-refractivity contribution in [2.75, 3.05) is 19.8 Å². The van der Waals surface area contributed by atoms with Crippen LogP contribution in [0.2, 0.25) is 0 Å². The number of unbranched alkanes of at least 4 members (excludes halogenated alkanes) is 6. The van der Waals surface area contributed by atoms with Crippen LogP contribution in [0, 0.1) is 0 Å².